The van der Waals surface area contributed by atoms with E-state index in [0.717, 1.165) is 25.8 Å². The van der Waals surface area contributed by atoms with Crippen molar-refractivity contribution in [1.82, 2.24) is 10.6 Å². The van der Waals surface area contributed by atoms with Crippen LogP contribution < -0.4 is 10.6 Å². The van der Waals surface area contributed by atoms with Crippen LogP contribution in [0.5, 0.6) is 0 Å². The molecule has 0 radical (unpaired) electrons. The highest BCUT2D eigenvalue weighted by atomic mass is 32.2. The van der Waals surface area contributed by atoms with Crippen LogP contribution in [0.2, 0.25) is 0 Å². The van der Waals surface area contributed by atoms with Gasteiger partial charge in [-0.3, -0.25) is 4.79 Å². The molecule has 5 nitrogen and oxygen atoms in total. The van der Waals surface area contributed by atoms with E-state index in [-0.39, 0.29) is 11.7 Å². The first kappa shape index (κ1) is 12.8. The molecule has 1 amide bonds. The Morgan fingerprint density at radius 3 is 2.71 bits per heavy atom. The molecule has 0 aromatic heterocycles. The highest BCUT2D eigenvalue weighted by molar-refractivity contribution is 7.92. The molecule has 0 saturated carbocycles. The summed E-state index contributed by atoms with van der Waals surface area (Å²) in [4.78, 5) is 11.9. The van der Waals surface area contributed by atoms with Crippen molar-refractivity contribution < 1.29 is 13.2 Å². The second-order valence-corrected chi connectivity index (χ2v) is 7.19. The molecule has 2 fully saturated rings. The molecule has 0 bridgehead atoms. The van der Waals surface area contributed by atoms with Gasteiger partial charge >= 0.3 is 0 Å². The number of rotatable bonds is 3. The number of carbonyl (C=O) groups is 1. The minimum absolute atomic E-state index is 0.159. The summed E-state index contributed by atoms with van der Waals surface area (Å²) in [5.74, 6) is -0.148. The fourth-order valence-corrected chi connectivity index (χ4v) is 4.34. The van der Waals surface area contributed by atoms with Crippen molar-refractivity contribution >= 4 is 15.7 Å². The lowest BCUT2D eigenvalue weighted by Crippen LogP contribution is -2.46. The molecule has 2 atom stereocenters. The molecule has 2 rings (SSSR count). The van der Waals surface area contributed by atoms with Gasteiger partial charge in [0.05, 0.1) is 5.75 Å². The molecule has 17 heavy (non-hydrogen) atoms. The Balaban J connectivity index is 1.86. The third-order valence-electron chi connectivity index (χ3n) is 3.56. The molecule has 2 unspecified atom stereocenters. The standard InChI is InChI=1S/C11H20N2O3S/c14-11(13-8-9-4-3-6-12-9)10-5-1-2-7-17(10,15)16/h9-10,12H,1-8H2,(H,13,14). The lowest BCUT2D eigenvalue weighted by Gasteiger charge is -2.22. The van der Waals surface area contributed by atoms with Crippen LogP contribution in [0, 0.1) is 0 Å². The zero-order chi connectivity index (χ0) is 12.3. The summed E-state index contributed by atoms with van der Waals surface area (Å²) in [6.07, 6.45) is 4.18. The molecule has 2 saturated heterocycles. The van der Waals surface area contributed by atoms with Crippen LogP contribution in [0.1, 0.15) is 32.1 Å². The van der Waals surface area contributed by atoms with Crippen molar-refractivity contribution in [1.29, 1.82) is 0 Å². The number of nitrogens with one attached hydrogen (secondary N) is 2. The number of amides is 1. The summed E-state index contributed by atoms with van der Waals surface area (Å²) < 4.78 is 23.5. The molecular weight excluding hydrogens is 240 g/mol. The van der Waals surface area contributed by atoms with E-state index in [4.69, 9.17) is 0 Å². The van der Waals surface area contributed by atoms with Gasteiger partial charge in [-0.15, -0.1) is 0 Å². The fraction of sp³-hybridized carbons (Fsp3) is 0.909. The summed E-state index contributed by atoms with van der Waals surface area (Å²) in [5, 5.41) is 5.23. The van der Waals surface area contributed by atoms with E-state index in [0.29, 0.717) is 25.4 Å². The van der Waals surface area contributed by atoms with Gasteiger partial charge in [0.15, 0.2) is 9.84 Å². The Hall–Kier alpha value is -0.620. The van der Waals surface area contributed by atoms with Gasteiger partial charge in [-0.1, -0.05) is 6.42 Å². The SMILES string of the molecule is O=C(NCC1CCCN1)C1CCCCS1(=O)=O. The minimum atomic E-state index is -3.20. The average molecular weight is 260 g/mol. The van der Waals surface area contributed by atoms with E-state index in [1.165, 1.54) is 0 Å². The minimum Gasteiger partial charge on any atom is -0.353 e. The molecule has 6 heteroatoms. The second kappa shape index (κ2) is 5.35. The van der Waals surface area contributed by atoms with E-state index < -0.39 is 15.1 Å². The van der Waals surface area contributed by atoms with Crippen molar-refractivity contribution in [3.8, 4) is 0 Å². The lowest BCUT2D eigenvalue weighted by molar-refractivity contribution is -0.120. The van der Waals surface area contributed by atoms with Crippen LogP contribution in [-0.2, 0) is 14.6 Å². The van der Waals surface area contributed by atoms with Crippen LogP contribution >= 0.6 is 0 Å². The summed E-state index contributed by atoms with van der Waals surface area (Å²) in [6.45, 7) is 1.53. The third kappa shape index (κ3) is 3.19. The number of hydrogen-bond donors (Lipinski definition) is 2. The van der Waals surface area contributed by atoms with Gasteiger partial charge in [-0.25, -0.2) is 8.42 Å². The largest absolute Gasteiger partial charge is 0.353 e. The van der Waals surface area contributed by atoms with Gasteiger partial charge in [0.2, 0.25) is 5.91 Å². The van der Waals surface area contributed by atoms with E-state index in [2.05, 4.69) is 10.6 Å². The van der Waals surface area contributed by atoms with Gasteiger partial charge in [-0.05, 0) is 32.2 Å². The van der Waals surface area contributed by atoms with Crippen LogP contribution in [0.3, 0.4) is 0 Å². The molecule has 2 aliphatic rings. The fourth-order valence-electron chi connectivity index (χ4n) is 2.52. The molecule has 2 aliphatic heterocycles. The Morgan fingerprint density at radius 2 is 2.06 bits per heavy atom. The highest BCUT2D eigenvalue weighted by Gasteiger charge is 2.34. The van der Waals surface area contributed by atoms with E-state index >= 15 is 0 Å². The van der Waals surface area contributed by atoms with Crippen molar-refractivity contribution in [2.45, 2.75) is 43.4 Å². The summed E-state index contributed by atoms with van der Waals surface area (Å²) in [6, 6.07) is 0.310. The quantitative estimate of drug-likeness (QED) is 0.738. The van der Waals surface area contributed by atoms with Crippen molar-refractivity contribution in [3.63, 3.8) is 0 Å². The average Bonchev–Trinajstić information content (AvgIpc) is 2.78. The summed E-state index contributed by atoms with van der Waals surface area (Å²) >= 11 is 0. The molecule has 0 aliphatic carbocycles. The maximum Gasteiger partial charge on any atom is 0.238 e. The smallest absolute Gasteiger partial charge is 0.238 e. The van der Waals surface area contributed by atoms with Crippen LogP contribution in [0.25, 0.3) is 0 Å². The normalized spacial score (nSPS) is 32.2. The molecular formula is C11H20N2O3S. The Kier molecular flexibility index (Phi) is 4.04. The van der Waals surface area contributed by atoms with E-state index in [9.17, 15) is 13.2 Å². The van der Waals surface area contributed by atoms with Gasteiger partial charge < -0.3 is 10.6 Å². The van der Waals surface area contributed by atoms with Gasteiger partial charge in [0.1, 0.15) is 5.25 Å². The van der Waals surface area contributed by atoms with E-state index in [1.807, 2.05) is 0 Å². The van der Waals surface area contributed by atoms with E-state index in [1.54, 1.807) is 0 Å². The van der Waals surface area contributed by atoms with Gasteiger partial charge in [0.25, 0.3) is 0 Å². The van der Waals surface area contributed by atoms with Crippen molar-refractivity contribution in [3.05, 3.63) is 0 Å². The number of carbonyl (C=O) groups excluding carboxylic acids is 1. The molecule has 0 aromatic rings. The Morgan fingerprint density at radius 1 is 1.24 bits per heavy atom. The maximum atomic E-state index is 11.9. The zero-order valence-corrected chi connectivity index (χ0v) is 10.8. The van der Waals surface area contributed by atoms with Crippen molar-refractivity contribution in [2.24, 2.45) is 0 Å². The zero-order valence-electron chi connectivity index (χ0n) is 9.94. The molecule has 2 N–H and O–H groups in total. The van der Waals surface area contributed by atoms with Crippen LogP contribution in [-0.4, -0.2) is 44.5 Å². The Bertz CT molecular complexity index is 374. The van der Waals surface area contributed by atoms with Crippen LogP contribution in [0.4, 0.5) is 0 Å². The van der Waals surface area contributed by atoms with Crippen LogP contribution in [0.15, 0.2) is 0 Å². The maximum absolute atomic E-state index is 11.9. The topological polar surface area (TPSA) is 75.3 Å². The third-order valence-corrected chi connectivity index (χ3v) is 5.73. The molecule has 98 valence electrons. The molecule has 0 aromatic carbocycles. The predicted molar refractivity (Wildman–Crippen MR) is 65.5 cm³/mol. The second-order valence-electron chi connectivity index (χ2n) is 4.89. The molecule has 0 spiro atoms. The number of hydrogen-bond acceptors (Lipinski definition) is 4. The van der Waals surface area contributed by atoms with Gasteiger partial charge in [0, 0.05) is 12.6 Å². The highest BCUT2D eigenvalue weighted by Crippen LogP contribution is 2.19. The first-order valence-electron chi connectivity index (χ1n) is 6.32. The summed E-state index contributed by atoms with van der Waals surface area (Å²) in [5.41, 5.74) is 0. The molecule has 2 heterocycles. The predicted octanol–water partition coefficient (Wildman–Crippen LogP) is -0.178. The summed E-state index contributed by atoms with van der Waals surface area (Å²) in [7, 11) is -3.20. The van der Waals surface area contributed by atoms with Crippen molar-refractivity contribution in [2.75, 3.05) is 18.8 Å². The first-order chi connectivity index (χ1) is 8.09. The van der Waals surface area contributed by atoms with Gasteiger partial charge in [-0.2, -0.15) is 0 Å². The first-order valence-corrected chi connectivity index (χ1v) is 8.04. The Labute approximate surface area is 102 Å². The number of sulfone groups is 1. The monoisotopic (exact) mass is 260 g/mol. The lowest BCUT2D eigenvalue weighted by atomic mass is 10.1.